The van der Waals surface area contributed by atoms with Crippen LogP contribution in [0.15, 0.2) is 48.7 Å². The lowest BCUT2D eigenvalue weighted by atomic mass is 10.1. The fraction of sp³-hybridized carbons (Fsp3) is 0.211. The molecule has 8 nitrogen and oxygen atoms in total. The van der Waals surface area contributed by atoms with E-state index < -0.39 is 18.0 Å². The highest BCUT2D eigenvalue weighted by Crippen LogP contribution is 2.20. The maximum Gasteiger partial charge on any atom is 0.404 e. The Labute approximate surface area is 155 Å². The van der Waals surface area contributed by atoms with E-state index in [1.54, 1.807) is 29.1 Å². The van der Waals surface area contributed by atoms with Crippen LogP contribution in [-0.2, 0) is 4.74 Å². The van der Waals surface area contributed by atoms with Crippen molar-refractivity contribution in [3.63, 3.8) is 0 Å². The van der Waals surface area contributed by atoms with Crippen LogP contribution in [0.4, 0.5) is 4.79 Å². The first-order chi connectivity index (χ1) is 13.0. The Balaban J connectivity index is 1.86. The average molecular weight is 368 g/mol. The summed E-state index contributed by atoms with van der Waals surface area (Å²) < 4.78 is 6.39. The number of nitrogens with zero attached hydrogens (tertiary/aromatic N) is 2. The van der Waals surface area contributed by atoms with Gasteiger partial charge in [-0.1, -0.05) is 18.2 Å². The maximum absolute atomic E-state index is 12.5. The lowest BCUT2D eigenvalue weighted by Crippen LogP contribution is -2.41. The number of aliphatic hydroxyl groups is 1. The summed E-state index contributed by atoms with van der Waals surface area (Å²) >= 11 is 0. The Morgan fingerprint density at radius 1 is 1.30 bits per heavy atom. The Morgan fingerprint density at radius 3 is 2.81 bits per heavy atom. The summed E-state index contributed by atoms with van der Waals surface area (Å²) in [5.41, 5.74) is 8.08. The number of hydrogen-bond donors (Lipinski definition) is 3. The highest BCUT2D eigenvalue weighted by Gasteiger charge is 2.16. The van der Waals surface area contributed by atoms with Crippen LogP contribution in [0.3, 0.4) is 0 Å². The van der Waals surface area contributed by atoms with E-state index in [-0.39, 0.29) is 13.2 Å². The van der Waals surface area contributed by atoms with E-state index in [1.807, 2.05) is 31.2 Å². The molecule has 0 aliphatic rings. The van der Waals surface area contributed by atoms with Gasteiger partial charge in [0.25, 0.3) is 5.91 Å². The van der Waals surface area contributed by atoms with Crippen molar-refractivity contribution >= 4 is 22.9 Å². The number of aryl methyl sites for hydroxylation is 1. The third-order valence-corrected chi connectivity index (χ3v) is 4.06. The first-order valence-corrected chi connectivity index (χ1v) is 8.36. The molecule has 0 saturated heterocycles. The number of primary amides is 1. The van der Waals surface area contributed by atoms with Crippen LogP contribution in [0.2, 0.25) is 0 Å². The zero-order chi connectivity index (χ0) is 19.4. The second-order valence-corrected chi connectivity index (χ2v) is 6.15. The SMILES string of the molecule is Cc1cccc(-n2ncc3ccc(C(=O)NC(CO)COC(N)=O)cc32)c1. The fourth-order valence-corrected chi connectivity index (χ4v) is 2.72. The Kier molecular flexibility index (Phi) is 5.37. The number of carbonyl (C=O) groups excluding carboxylic acids is 2. The first kappa shape index (κ1) is 18.4. The van der Waals surface area contributed by atoms with Crippen molar-refractivity contribution in [1.82, 2.24) is 15.1 Å². The van der Waals surface area contributed by atoms with Crippen molar-refractivity contribution < 1.29 is 19.4 Å². The molecule has 140 valence electrons. The molecule has 4 N–H and O–H groups in total. The lowest BCUT2D eigenvalue weighted by molar-refractivity contribution is 0.0848. The number of carbonyl (C=O) groups is 2. The summed E-state index contributed by atoms with van der Waals surface area (Å²) in [4.78, 5) is 23.2. The minimum absolute atomic E-state index is 0.207. The van der Waals surface area contributed by atoms with Crippen molar-refractivity contribution in [2.75, 3.05) is 13.2 Å². The Bertz CT molecular complexity index is 983. The van der Waals surface area contributed by atoms with Crippen LogP contribution in [0.5, 0.6) is 0 Å². The van der Waals surface area contributed by atoms with Gasteiger partial charge in [-0.2, -0.15) is 5.10 Å². The number of hydrogen-bond acceptors (Lipinski definition) is 5. The van der Waals surface area contributed by atoms with Gasteiger partial charge in [0, 0.05) is 10.9 Å². The van der Waals surface area contributed by atoms with E-state index in [0.29, 0.717) is 5.56 Å². The second-order valence-electron chi connectivity index (χ2n) is 6.15. The molecule has 0 aliphatic carbocycles. The normalized spacial score (nSPS) is 11.9. The third-order valence-electron chi connectivity index (χ3n) is 4.06. The monoisotopic (exact) mass is 368 g/mol. The maximum atomic E-state index is 12.5. The van der Waals surface area contributed by atoms with Crippen LogP contribution in [0.25, 0.3) is 16.6 Å². The smallest absolute Gasteiger partial charge is 0.404 e. The van der Waals surface area contributed by atoms with Gasteiger partial charge in [-0.15, -0.1) is 0 Å². The molecule has 0 bridgehead atoms. The highest BCUT2D eigenvalue weighted by molar-refractivity contribution is 5.98. The van der Waals surface area contributed by atoms with Crippen LogP contribution < -0.4 is 11.1 Å². The minimum Gasteiger partial charge on any atom is -0.447 e. The zero-order valence-corrected chi connectivity index (χ0v) is 14.8. The van der Waals surface area contributed by atoms with E-state index in [2.05, 4.69) is 15.2 Å². The average Bonchev–Trinajstić information content (AvgIpc) is 3.08. The van der Waals surface area contributed by atoms with Crippen LogP contribution >= 0.6 is 0 Å². The molecular formula is C19H20N4O4. The topological polar surface area (TPSA) is 119 Å². The van der Waals surface area contributed by atoms with Gasteiger partial charge in [-0.25, -0.2) is 9.48 Å². The molecule has 2 aromatic carbocycles. The molecule has 27 heavy (non-hydrogen) atoms. The standard InChI is InChI=1S/C19H20N4O4/c1-12-3-2-4-16(7-12)23-17-8-13(5-6-14(17)9-21-23)18(25)22-15(10-24)11-27-19(20)26/h2-9,15,24H,10-11H2,1H3,(H2,20,26)(H,22,25). The molecule has 0 aliphatic heterocycles. The molecule has 3 rings (SSSR count). The number of aliphatic hydroxyl groups excluding tert-OH is 1. The number of benzene rings is 2. The Hall–Kier alpha value is -3.39. The largest absolute Gasteiger partial charge is 0.447 e. The molecule has 0 fully saturated rings. The summed E-state index contributed by atoms with van der Waals surface area (Å²) in [6.07, 6.45) is 0.766. The molecule has 1 atom stereocenters. The highest BCUT2D eigenvalue weighted by atomic mass is 16.5. The van der Waals surface area contributed by atoms with Crippen molar-refractivity contribution in [3.05, 3.63) is 59.8 Å². The summed E-state index contributed by atoms with van der Waals surface area (Å²) in [7, 11) is 0. The predicted octanol–water partition coefficient (Wildman–Crippen LogP) is 1.52. The molecule has 0 spiro atoms. The summed E-state index contributed by atoms with van der Waals surface area (Å²) in [6, 6.07) is 12.3. The van der Waals surface area contributed by atoms with E-state index in [9.17, 15) is 14.7 Å². The molecule has 1 unspecified atom stereocenters. The van der Waals surface area contributed by atoms with E-state index in [0.717, 1.165) is 22.2 Å². The first-order valence-electron chi connectivity index (χ1n) is 8.36. The summed E-state index contributed by atoms with van der Waals surface area (Å²) in [6.45, 7) is 1.40. The number of rotatable bonds is 6. The number of ether oxygens (including phenoxy) is 1. The number of nitrogens with two attached hydrogens (primary N) is 1. The van der Waals surface area contributed by atoms with Gasteiger partial charge in [-0.05, 0) is 36.8 Å². The van der Waals surface area contributed by atoms with Crippen molar-refractivity contribution in [1.29, 1.82) is 0 Å². The molecule has 1 heterocycles. The van der Waals surface area contributed by atoms with Gasteiger partial charge in [0.05, 0.1) is 30.0 Å². The fourth-order valence-electron chi connectivity index (χ4n) is 2.72. The molecule has 2 amide bonds. The third kappa shape index (κ3) is 4.24. The Morgan fingerprint density at radius 2 is 2.11 bits per heavy atom. The van der Waals surface area contributed by atoms with Gasteiger partial charge in [0.15, 0.2) is 0 Å². The predicted molar refractivity (Wildman–Crippen MR) is 99.7 cm³/mol. The minimum atomic E-state index is -0.967. The molecule has 0 radical (unpaired) electrons. The van der Waals surface area contributed by atoms with Gasteiger partial charge in [0.2, 0.25) is 0 Å². The second kappa shape index (κ2) is 7.88. The van der Waals surface area contributed by atoms with Crippen molar-refractivity contribution in [3.8, 4) is 5.69 Å². The van der Waals surface area contributed by atoms with E-state index in [1.165, 1.54) is 0 Å². The quantitative estimate of drug-likeness (QED) is 0.609. The van der Waals surface area contributed by atoms with Crippen molar-refractivity contribution in [2.24, 2.45) is 5.73 Å². The number of amides is 2. The molecule has 0 saturated carbocycles. The van der Waals surface area contributed by atoms with Gasteiger partial charge in [-0.3, -0.25) is 4.79 Å². The summed E-state index contributed by atoms with van der Waals surface area (Å²) in [5, 5.41) is 17.2. The molecule has 8 heteroatoms. The van der Waals surface area contributed by atoms with Crippen LogP contribution in [0, 0.1) is 6.92 Å². The molecule has 1 aromatic heterocycles. The lowest BCUT2D eigenvalue weighted by Gasteiger charge is -2.15. The van der Waals surface area contributed by atoms with Gasteiger partial charge < -0.3 is 20.9 Å². The van der Waals surface area contributed by atoms with Crippen LogP contribution in [-0.4, -0.2) is 46.1 Å². The molecular weight excluding hydrogens is 348 g/mol. The zero-order valence-electron chi connectivity index (χ0n) is 14.8. The van der Waals surface area contributed by atoms with E-state index in [4.69, 9.17) is 5.73 Å². The number of aromatic nitrogens is 2. The van der Waals surface area contributed by atoms with Gasteiger partial charge >= 0.3 is 6.09 Å². The number of fused-ring (bicyclic) bond motifs is 1. The summed E-state index contributed by atoms with van der Waals surface area (Å²) in [5.74, 6) is -0.402. The van der Waals surface area contributed by atoms with E-state index >= 15 is 0 Å². The number of nitrogens with one attached hydrogen (secondary N) is 1. The van der Waals surface area contributed by atoms with Crippen LogP contribution in [0.1, 0.15) is 15.9 Å². The van der Waals surface area contributed by atoms with Gasteiger partial charge in [0.1, 0.15) is 6.61 Å². The van der Waals surface area contributed by atoms with Crippen molar-refractivity contribution in [2.45, 2.75) is 13.0 Å². The molecule has 3 aromatic rings.